The van der Waals surface area contributed by atoms with Gasteiger partial charge in [-0.15, -0.1) is 0 Å². The number of hydrogen-bond acceptors (Lipinski definition) is 3. The van der Waals surface area contributed by atoms with Gasteiger partial charge in [0.1, 0.15) is 5.82 Å². The number of nitrogens with zero attached hydrogens (tertiary/aromatic N) is 2. The molecule has 0 spiro atoms. The number of amides is 1. The van der Waals surface area contributed by atoms with Crippen molar-refractivity contribution in [1.82, 2.24) is 15.1 Å². The largest absolute Gasteiger partial charge is 0.481 e. The van der Waals surface area contributed by atoms with Gasteiger partial charge in [0, 0.05) is 6.04 Å². The first-order valence-corrected chi connectivity index (χ1v) is 7.81. The standard InChI is InChI=1S/C17H18FN3O3/c1-10-14(9-19-21(10)12-7-5-11(18)6-8-12)16(22)20-15-4-2-3-13(15)17(23)24/h5-9,13,15H,2-4H2,1H3,(H,20,22)(H,23,24)/t13-,15+/m0/s1. The molecule has 0 unspecified atom stereocenters. The SMILES string of the molecule is Cc1c(C(=O)N[C@@H]2CCC[C@@H]2C(=O)O)cnn1-c1ccc(F)cc1. The van der Waals surface area contributed by atoms with E-state index in [-0.39, 0.29) is 17.8 Å². The van der Waals surface area contributed by atoms with Crippen molar-refractivity contribution in [3.05, 3.63) is 47.5 Å². The van der Waals surface area contributed by atoms with Gasteiger partial charge < -0.3 is 10.4 Å². The molecule has 1 aliphatic rings. The zero-order valence-corrected chi connectivity index (χ0v) is 13.2. The molecule has 2 aromatic rings. The average Bonchev–Trinajstić information content (AvgIpc) is 3.15. The predicted molar refractivity (Wildman–Crippen MR) is 84.5 cm³/mol. The van der Waals surface area contributed by atoms with Gasteiger partial charge in [-0.25, -0.2) is 9.07 Å². The Balaban J connectivity index is 1.79. The summed E-state index contributed by atoms with van der Waals surface area (Å²) < 4.78 is 14.6. The number of carboxylic acids is 1. The van der Waals surface area contributed by atoms with Gasteiger partial charge in [0.2, 0.25) is 0 Å². The number of halogens is 1. The van der Waals surface area contributed by atoms with Crippen molar-refractivity contribution in [2.45, 2.75) is 32.2 Å². The van der Waals surface area contributed by atoms with E-state index < -0.39 is 11.9 Å². The van der Waals surface area contributed by atoms with Crippen LogP contribution in [-0.2, 0) is 4.79 Å². The Morgan fingerprint density at radius 3 is 2.67 bits per heavy atom. The van der Waals surface area contributed by atoms with Gasteiger partial charge in [0.25, 0.3) is 5.91 Å². The smallest absolute Gasteiger partial charge is 0.308 e. The Kier molecular flexibility index (Phi) is 4.33. The van der Waals surface area contributed by atoms with E-state index in [1.165, 1.54) is 18.3 Å². The fraction of sp³-hybridized carbons (Fsp3) is 0.353. The second-order valence-electron chi connectivity index (χ2n) is 5.99. The van der Waals surface area contributed by atoms with Crippen LogP contribution in [0.5, 0.6) is 0 Å². The Morgan fingerprint density at radius 1 is 1.29 bits per heavy atom. The Bertz CT molecular complexity index is 770. The number of hydrogen-bond donors (Lipinski definition) is 2. The summed E-state index contributed by atoms with van der Waals surface area (Å²) in [5, 5.41) is 16.2. The van der Waals surface area contributed by atoms with E-state index in [9.17, 15) is 19.1 Å². The molecule has 1 fully saturated rings. The molecule has 24 heavy (non-hydrogen) atoms. The molecular weight excluding hydrogens is 313 g/mol. The van der Waals surface area contributed by atoms with E-state index >= 15 is 0 Å². The maximum absolute atomic E-state index is 13.0. The van der Waals surface area contributed by atoms with Crippen LogP contribution in [0.2, 0.25) is 0 Å². The molecule has 0 aliphatic heterocycles. The molecular formula is C17H18FN3O3. The molecule has 2 atom stereocenters. The van der Waals surface area contributed by atoms with E-state index in [1.54, 1.807) is 23.7 Å². The molecule has 1 aromatic carbocycles. The zero-order valence-electron chi connectivity index (χ0n) is 13.2. The van der Waals surface area contributed by atoms with Gasteiger partial charge in [0.15, 0.2) is 0 Å². The highest BCUT2D eigenvalue weighted by Crippen LogP contribution is 2.26. The first-order valence-electron chi connectivity index (χ1n) is 7.81. The molecule has 3 rings (SSSR count). The minimum atomic E-state index is -0.878. The zero-order chi connectivity index (χ0) is 17.3. The molecule has 1 aliphatic carbocycles. The number of aliphatic carboxylic acids is 1. The van der Waals surface area contributed by atoms with E-state index in [0.29, 0.717) is 29.8 Å². The monoisotopic (exact) mass is 331 g/mol. The molecule has 126 valence electrons. The highest BCUT2D eigenvalue weighted by Gasteiger charge is 2.34. The van der Waals surface area contributed by atoms with Crippen molar-refractivity contribution in [1.29, 1.82) is 0 Å². The molecule has 6 nitrogen and oxygen atoms in total. The van der Waals surface area contributed by atoms with Crippen molar-refractivity contribution in [3.8, 4) is 5.69 Å². The number of benzene rings is 1. The quantitative estimate of drug-likeness (QED) is 0.900. The fourth-order valence-electron chi connectivity index (χ4n) is 3.15. The Hall–Kier alpha value is -2.70. The van der Waals surface area contributed by atoms with E-state index in [4.69, 9.17) is 0 Å². The Labute approximate surface area is 138 Å². The van der Waals surface area contributed by atoms with E-state index in [2.05, 4.69) is 10.4 Å². The van der Waals surface area contributed by atoms with Crippen LogP contribution in [0.15, 0.2) is 30.5 Å². The van der Waals surface area contributed by atoms with Crippen molar-refractivity contribution >= 4 is 11.9 Å². The second-order valence-corrected chi connectivity index (χ2v) is 5.99. The molecule has 7 heteroatoms. The number of nitrogens with one attached hydrogen (secondary N) is 1. The van der Waals surface area contributed by atoms with Gasteiger partial charge in [-0.2, -0.15) is 5.10 Å². The number of carboxylic acid groups (broad SMARTS) is 1. The lowest BCUT2D eigenvalue weighted by atomic mass is 10.0. The first-order chi connectivity index (χ1) is 11.5. The third-order valence-corrected chi connectivity index (χ3v) is 4.48. The summed E-state index contributed by atoms with van der Waals surface area (Å²) >= 11 is 0. The topological polar surface area (TPSA) is 84.2 Å². The third-order valence-electron chi connectivity index (χ3n) is 4.48. The summed E-state index contributed by atoms with van der Waals surface area (Å²) in [6.07, 6.45) is 3.47. The van der Waals surface area contributed by atoms with Crippen LogP contribution in [-0.4, -0.2) is 32.8 Å². The normalized spacial score (nSPS) is 20.1. The average molecular weight is 331 g/mol. The molecule has 1 amide bonds. The van der Waals surface area contributed by atoms with Crippen LogP contribution in [0.1, 0.15) is 35.3 Å². The maximum atomic E-state index is 13.0. The molecule has 1 aromatic heterocycles. The van der Waals surface area contributed by atoms with Gasteiger partial charge in [-0.05, 0) is 44.0 Å². The van der Waals surface area contributed by atoms with E-state index in [1.807, 2.05) is 0 Å². The Morgan fingerprint density at radius 2 is 2.00 bits per heavy atom. The van der Waals surface area contributed by atoms with Gasteiger partial charge >= 0.3 is 5.97 Å². The summed E-state index contributed by atoms with van der Waals surface area (Å²) in [6.45, 7) is 1.74. The summed E-state index contributed by atoms with van der Waals surface area (Å²) in [7, 11) is 0. The van der Waals surface area contributed by atoms with Gasteiger partial charge in [-0.1, -0.05) is 6.42 Å². The molecule has 0 saturated heterocycles. The van der Waals surface area contributed by atoms with Crippen LogP contribution in [0.25, 0.3) is 5.69 Å². The number of carbonyl (C=O) groups excluding carboxylic acids is 1. The first kappa shape index (κ1) is 16.2. The van der Waals surface area contributed by atoms with Crippen molar-refractivity contribution < 1.29 is 19.1 Å². The summed E-state index contributed by atoms with van der Waals surface area (Å²) in [6, 6.07) is 5.45. The highest BCUT2D eigenvalue weighted by atomic mass is 19.1. The fourth-order valence-corrected chi connectivity index (χ4v) is 3.15. The van der Waals surface area contributed by atoms with Crippen molar-refractivity contribution in [2.75, 3.05) is 0 Å². The molecule has 0 radical (unpaired) electrons. The molecule has 1 heterocycles. The minimum absolute atomic E-state index is 0.334. The third kappa shape index (κ3) is 3.02. The van der Waals surface area contributed by atoms with Crippen LogP contribution < -0.4 is 5.32 Å². The lowest BCUT2D eigenvalue weighted by molar-refractivity contribution is -0.142. The van der Waals surface area contributed by atoms with Crippen LogP contribution >= 0.6 is 0 Å². The van der Waals surface area contributed by atoms with E-state index in [0.717, 1.165) is 6.42 Å². The predicted octanol–water partition coefficient (Wildman–Crippen LogP) is 2.30. The number of rotatable bonds is 4. The van der Waals surface area contributed by atoms with Crippen LogP contribution in [0.4, 0.5) is 4.39 Å². The van der Waals surface area contributed by atoms with Crippen LogP contribution in [0.3, 0.4) is 0 Å². The summed E-state index contributed by atoms with van der Waals surface area (Å²) in [5.41, 5.74) is 1.65. The summed E-state index contributed by atoms with van der Waals surface area (Å²) in [4.78, 5) is 23.7. The molecule has 1 saturated carbocycles. The molecule has 0 bridgehead atoms. The maximum Gasteiger partial charge on any atom is 0.308 e. The van der Waals surface area contributed by atoms with Gasteiger partial charge in [-0.3, -0.25) is 9.59 Å². The highest BCUT2D eigenvalue weighted by molar-refractivity contribution is 5.95. The lowest BCUT2D eigenvalue weighted by Crippen LogP contribution is -2.40. The van der Waals surface area contributed by atoms with Crippen LogP contribution in [0, 0.1) is 18.7 Å². The minimum Gasteiger partial charge on any atom is -0.481 e. The number of carbonyl (C=O) groups is 2. The number of aromatic nitrogens is 2. The second kappa shape index (κ2) is 6.43. The van der Waals surface area contributed by atoms with Crippen molar-refractivity contribution in [2.24, 2.45) is 5.92 Å². The molecule has 2 N–H and O–H groups in total. The lowest BCUT2D eigenvalue weighted by Gasteiger charge is -2.17. The van der Waals surface area contributed by atoms with Gasteiger partial charge in [0.05, 0.1) is 29.1 Å². The summed E-state index contributed by atoms with van der Waals surface area (Å²) in [5.74, 6) is -2.10. The van der Waals surface area contributed by atoms with Crippen molar-refractivity contribution in [3.63, 3.8) is 0 Å².